The van der Waals surface area contributed by atoms with Crippen molar-refractivity contribution in [1.82, 2.24) is 0 Å². The molecule has 0 amide bonds. The Balaban J connectivity index is 2.49. The van der Waals surface area contributed by atoms with Crippen LogP contribution in [0.1, 0.15) is 45.4 Å². The number of thioether (sulfide) groups is 1. The third-order valence-electron chi connectivity index (χ3n) is 3.86. The van der Waals surface area contributed by atoms with E-state index in [1.165, 1.54) is 0 Å². The molecule has 0 radical (unpaired) electrons. The second-order valence-corrected chi connectivity index (χ2v) is 6.42. The maximum atomic E-state index is 12.1. The molecular formula is C13H21F3O2S. The number of hydrogen-bond donors (Lipinski definition) is 1. The number of carbonyl (C=O) groups is 1. The van der Waals surface area contributed by atoms with Gasteiger partial charge < -0.3 is 5.11 Å². The maximum Gasteiger partial charge on any atom is 0.441 e. The molecule has 1 saturated carbocycles. The van der Waals surface area contributed by atoms with E-state index in [-0.39, 0.29) is 23.4 Å². The summed E-state index contributed by atoms with van der Waals surface area (Å²) in [6.45, 7) is 2.08. The maximum absolute atomic E-state index is 12.1. The third kappa shape index (κ3) is 6.06. The summed E-state index contributed by atoms with van der Waals surface area (Å²) < 4.78 is 36.3. The van der Waals surface area contributed by atoms with Crippen LogP contribution in [0.4, 0.5) is 13.2 Å². The van der Waals surface area contributed by atoms with E-state index in [1.54, 1.807) is 0 Å². The lowest BCUT2D eigenvalue weighted by Crippen LogP contribution is -2.31. The fourth-order valence-electron chi connectivity index (χ4n) is 3.00. The van der Waals surface area contributed by atoms with Crippen LogP contribution in [0.15, 0.2) is 0 Å². The fourth-order valence-corrected chi connectivity index (χ4v) is 3.65. The van der Waals surface area contributed by atoms with E-state index >= 15 is 0 Å². The van der Waals surface area contributed by atoms with Crippen LogP contribution in [0.25, 0.3) is 0 Å². The predicted molar refractivity (Wildman–Crippen MR) is 70.0 cm³/mol. The number of carboxylic acids is 1. The molecule has 0 aromatic carbocycles. The number of carboxylic acid groups (broad SMARTS) is 1. The van der Waals surface area contributed by atoms with Gasteiger partial charge in [0.25, 0.3) is 0 Å². The summed E-state index contributed by atoms with van der Waals surface area (Å²) >= 11 is -0.0374. The molecule has 3 atom stereocenters. The van der Waals surface area contributed by atoms with Gasteiger partial charge in [0.2, 0.25) is 0 Å². The van der Waals surface area contributed by atoms with Gasteiger partial charge in [-0.2, -0.15) is 13.2 Å². The van der Waals surface area contributed by atoms with Crippen LogP contribution < -0.4 is 0 Å². The first-order chi connectivity index (χ1) is 8.83. The number of rotatable bonds is 6. The van der Waals surface area contributed by atoms with Gasteiger partial charge in [-0.1, -0.05) is 31.5 Å². The van der Waals surface area contributed by atoms with Crippen LogP contribution in [0.5, 0.6) is 0 Å². The summed E-state index contributed by atoms with van der Waals surface area (Å²) in [5.74, 6) is -0.949. The van der Waals surface area contributed by atoms with Gasteiger partial charge in [0.1, 0.15) is 0 Å². The minimum atomic E-state index is -4.21. The molecule has 0 heterocycles. The van der Waals surface area contributed by atoms with Gasteiger partial charge in [-0.05, 0) is 37.5 Å². The molecule has 0 saturated heterocycles. The van der Waals surface area contributed by atoms with Gasteiger partial charge in [0, 0.05) is 5.75 Å². The lowest BCUT2D eigenvalue weighted by Gasteiger charge is -2.34. The van der Waals surface area contributed by atoms with Crippen molar-refractivity contribution in [2.24, 2.45) is 17.8 Å². The molecule has 1 fully saturated rings. The molecule has 3 unspecified atom stereocenters. The lowest BCUT2D eigenvalue weighted by molar-refractivity contribution is -0.145. The Morgan fingerprint density at radius 3 is 2.53 bits per heavy atom. The third-order valence-corrected chi connectivity index (χ3v) is 4.63. The standard InChI is InChI=1S/C13H21F3O2S/c1-2-3-9-4-5-11(12(17)18)10(8-9)6-7-19-13(14,15)16/h9-11H,2-8H2,1H3,(H,17,18). The van der Waals surface area contributed by atoms with Gasteiger partial charge in [-0.25, -0.2) is 0 Å². The van der Waals surface area contributed by atoms with E-state index in [4.69, 9.17) is 5.11 Å². The van der Waals surface area contributed by atoms with Gasteiger partial charge in [0.15, 0.2) is 0 Å². The number of hydrogen-bond acceptors (Lipinski definition) is 2. The SMILES string of the molecule is CCCC1CCC(C(=O)O)C(CCSC(F)(F)F)C1. The summed E-state index contributed by atoms with van der Waals surface area (Å²) in [4.78, 5) is 11.2. The van der Waals surface area contributed by atoms with Gasteiger partial charge in [0.05, 0.1) is 5.92 Å². The highest BCUT2D eigenvalue weighted by Gasteiger charge is 2.35. The van der Waals surface area contributed by atoms with Crippen LogP contribution in [0.3, 0.4) is 0 Å². The Kier molecular flexibility index (Phi) is 6.50. The monoisotopic (exact) mass is 298 g/mol. The zero-order valence-electron chi connectivity index (χ0n) is 11.1. The van der Waals surface area contributed by atoms with Crippen molar-refractivity contribution < 1.29 is 23.1 Å². The Hall–Kier alpha value is -0.390. The molecule has 1 rings (SSSR count). The highest BCUT2D eigenvalue weighted by molar-refractivity contribution is 8.00. The van der Waals surface area contributed by atoms with E-state index in [2.05, 4.69) is 6.92 Å². The Labute approximate surface area is 116 Å². The average Bonchev–Trinajstić information content (AvgIpc) is 2.27. The number of halogens is 3. The summed E-state index contributed by atoms with van der Waals surface area (Å²) in [6.07, 6.45) is 4.72. The molecule has 1 aliphatic carbocycles. The van der Waals surface area contributed by atoms with E-state index in [9.17, 15) is 18.0 Å². The molecule has 2 nitrogen and oxygen atoms in total. The summed E-state index contributed by atoms with van der Waals surface area (Å²) in [5, 5.41) is 9.15. The first-order valence-electron chi connectivity index (χ1n) is 6.77. The van der Waals surface area contributed by atoms with Gasteiger partial charge in [-0.15, -0.1) is 0 Å². The fraction of sp³-hybridized carbons (Fsp3) is 0.923. The van der Waals surface area contributed by atoms with Crippen LogP contribution in [0, 0.1) is 17.8 Å². The Bertz CT molecular complexity index is 294. The number of alkyl halides is 3. The molecule has 0 aromatic heterocycles. The van der Waals surface area contributed by atoms with Crippen molar-refractivity contribution in [3.8, 4) is 0 Å². The molecular weight excluding hydrogens is 277 g/mol. The van der Waals surface area contributed by atoms with Crippen molar-refractivity contribution in [2.45, 2.75) is 51.0 Å². The largest absolute Gasteiger partial charge is 0.481 e. The zero-order valence-corrected chi connectivity index (χ0v) is 11.9. The zero-order chi connectivity index (χ0) is 14.5. The van der Waals surface area contributed by atoms with Crippen LogP contribution >= 0.6 is 11.8 Å². The summed E-state index contributed by atoms with van der Waals surface area (Å²) in [7, 11) is 0. The molecule has 0 bridgehead atoms. The second-order valence-electron chi connectivity index (χ2n) is 5.26. The van der Waals surface area contributed by atoms with Crippen molar-refractivity contribution in [2.75, 3.05) is 5.75 Å². The first-order valence-corrected chi connectivity index (χ1v) is 7.75. The topological polar surface area (TPSA) is 37.3 Å². The molecule has 0 aromatic rings. The minimum absolute atomic E-state index is 0.0310. The van der Waals surface area contributed by atoms with E-state index in [1.807, 2.05) is 0 Å². The molecule has 1 N–H and O–H groups in total. The van der Waals surface area contributed by atoms with Gasteiger partial charge >= 0.3 is 11.5 Å². The molecule has 0 spiro atoms. The smallest absolute Gasteiger partial charge is 0.441 e. The second kappa shape index (κ2) is 7.41. The lowest BCUT2D eigenvalue weighted by atomic mass is 9.72. The molecule has 19 heavy (non-hydrogen) atoms. The van der Waals surface area contributed by atoms with Crippen LogP contribution in [-0.2, 0) is 4.79 Å². The Morgan fingerprint density at radius 2 is 2.00 bits per heavy atom. The summed E-state index contributed by atoms with van der Waals surface area (Å²) in [5.41, 5.74) is -4.21. The van der Waals surface area contributed by atoms with E-state index < -0.39 is 17.4 Å². The first kappa shape index (κ1) is 16.7. The average molecular weight is 298 g/mol. The van der Waals surface area contributed by atoms with Crippen molar-refractivity contribution in [3.05, 3.63) is 0 Å². The Morgan fingerprint density at radius 1 is 1.32 bits per heavy atom. The van der Waals surface area contributed by atoms with E-state index in [0.29, 0.717) is 18.8 Å². The molecule has 0 aliphatic heterocycles. The van der Waals surface area contributed by atoms with Crippen molar-refractivity contribution in [1.29, 1.82) is 0 Å². The van der Waals surface area contributed by atoms with Gasteiger partial charge in [-0.3, -0.25) is 4.79 Å². The predicted octanol–water partition coefficient (Wildman–Crippen LogP) is 4.55. The highest BCUT2D eigenvalue weighted by atomic mass is 32.2. The van der Waals surface area contributed by atoms with Crippen molar-refractivity contribution in [3.63, 3.8) is 0 Å². The van der Waals surface area contributed by atoms with Crippen LogP contribution in [-0.4, -0.2) is 22.3 Å². The quantitative estimate of drug-likeness (QED) is 0.782. The minimum Gasteiger partial charge on any atom is -0.481 e. The van der Waals surface area contributed by atoms with Crippen LogP contribution in [0.2, 0.25) is 0 Å². The number of aliphatic carboxylic acids is 1. The highest BCUT2D eigenvalue weighted by Crippen LogP contribution is 2.40. The molecule has 112 valence electrons. The normalized spacial score (nSPS) is 28.3. The molecule has 1 aliphatic rings. The summed E-state index contributed by atoms with van der Waals surface area (Å²) in [6, 6.07) is 0. The molecule has 6 heteroatoms. The van der Waals surface area contributed by atoms with E-state index in [0.717, 1.165) is 25.7 Å². The van der Waals surface area contributed by atoms with Crippen molar-refractivity contribution >= 4 is 17.7 Å².